The predicted octanol–water partition coefficient (Wildman–Crippen LogP) is 3.11. The summed E-state index contributed by atoms with van der Waals surface area (Å²) < 4.78 is 11.3. The Morgan fingerprint density at radius 3 is 2.64 bits per heavy atom. The minimum atomic E-state index is 0.0301. The molecule has 1 N–H and O–H groups in total. The maximum atomic E-state index is 12.0. The molecule has 2 aliphatic rings. The molecule has 1 atom stereocenters. The average Bonchev–Trinajstić information content (AvgIpc) is 3.23. The van der Waals surface area contributed by atoms with Crippen LogP contribution in [0.2, 0.25) is 0 Å². The molecular formula is C16H19BrN2O3. The molecule has 3 rings (SSSR count). The summed E-state index contributed by atoms with van der Waals surface area (Å²) in [6.45, 7) is 0. The third-order valence-corrected chi connectivity index (χ3v) is 5.36. The van der Waals surface area contributed by atoms with Gasteiger partial charge in [-0.15, -0.1) is 0 Å². The summed E-state index contributed by atoms with van der Waals surface area (Å²) in [6.07, 6.45) is 6.24. The van der Waals surface area contributed by atoms with Crippen molar-refractivity contribution in [3.05, 3.63) is 22.2 Å². The van der Waals surface area contributed by atoms with E-state index in [9.17, 15) is 4.79 Å². The summed E-state index contributed by atoms with van der Waals surface area (Å²) in [6, 6.07) is 3.62. The summed E-state index contributed by atoms with van der Waals surface area (Å²) >= 11 is 3.43. The smallest absolute Gasteiger partial charge is 0.243 e. The third kappa shape index (κ3) is 2.72. The number of methoxy groups -OCH3 is 2. The molecule has 0 aromatic heterocycles. The number of benzene rings is 1. The molecule has 1 aromatic rings. The van der Waals surface area contributed by atoms with Crippen LogP contribution in [0.25, 0.3) is 0 Å². The zero-order chi connectivity index (χ0) is 15.7. The van der Waals surface area contributed by atoms with Crippen molar-refractivity contribution in [2.45, 2.75) is 25.7 Å². The van der Waals surface area contributed by atoms with Crippen molar-refractivity contribution in [3.63, 3.8) is 0 Å². The highest BCUT2D eigenvalue weighted by molar-refractivity contribution is 9.10. The highest BCUT2D eigenvalue weighted by Gasteiger charge is 2.60. The first-order chi connectivity index (χ1) is 10.6. The van der Waals surface area contributed by atoms with Crippen LogP contribution in [0.4, 0.5) is 0 Å². The van der Waals surface area contributed by atoms with Gasteiger partial charge in [0.25, 0.3) is 0 Å². The van der Waals surface area contributed by atoms with E-state index in [1.165, 1.54) is 19.3 Å². The van der Waals surface area contributed by atoms with E-state index in [0.29, 0.717) is 16.9 Å². The minimum Gasteiger partial charge on any atom is -0.496 e. The number of hydrogen-bond donors (Lipinski definition) is 1. The molecule has 1 unspecified atom stereocenters. The average molecular weight is 367 g/mol. The highest BCUT2D eigenvalue weighted by atomic mass is 79.9. The van der Waals surface area contributed by atoms with Gasteiger partial charge < -0.3 is 9.47 Å². The number of rotatable bonds is 5. The van der Waals surface area contributed by atoms with Gasteiger partial charge in [0.15, 0.2) is 0 Å². The van der Waals surface area contributed by atoms with Gasteiger partial charge in [-0.1, -0.05) is 6.42 Å². The van der Waals surface area contributed by atoms with E-state index in [2.05, 4.69) is 26.5 Å². The van der Waals surface area contributed by atoms with Crippen LogP contribution in [0.5, 0.6) is 11.5 Å². The lowest BCUT2D eigenvalue weighted by molar-refractivity contribution is -0.123. The molecule has 1 aromatic carbocycles. The molecule has 0 radical (unpaired) electrons. The molecule has 2 aliphatic carbocycles. The van der Waals surface area contributed by atoms with Gasteiger partial charge in [0.1, 0.15) is 11.5 Å². The standard InChI is InChI=1S/C16H19BrN2O3/c1-21-13-7-14(22-2)12(17)6-10(13)9-18-19-15(20)11-8-16(11)4-3-5-16/h6-7,9,11H,3-5,8H2,1-2H3,(H,19,20)/b18-9+. The van der Waals surface area contributed by atoms with Crippen LogP contribution in [-0.2, 0) is 4.79 Å². The summed E-state index contributed by atoms with van der Waals surface area (Å²) in [5, 5.41) is 4.07. The van der Waals surface area contributed by atoms with Gasteiger partial charge in [0, 0.05) is 17.5 Å². The topological polar surface area (TPSA) is 59.9 Å². The second kappa shape index (κ2) is 5.91. The second-order valence-corrected chi connectivity index (χ2v) is 6.79. The molecule has 0 heterocycles. The number of hydrazone groups is 1. The fourth-order valence-electron chi connectivity index (χ4n) is 3.13. The Morgan fingerprint density at radius 2 is 2.09 bits per heavy atom. The van der Waals surface area contributed by atoms with Crippen molar-refractivity contribution in [2.75, 3.05) is 14.2 Å². The van der Waals surface area contributed by atoms with Gasteiger partial charge in [-0.05, 0) is 46.7 Å². The Labute approximate surface area is 138 Å². The predicted molar refractivity (Wildman–Crippen MR) is 87.4 cm³/mol. The minimum absolute atomic E-state index is 0.0301. The zero-order valence-corrected chi connectivity index (χ0v) is 14.3. The van der Waals surface area contributed by atoms with E-state index in [-0.39, 0.29) is 11.8 Å². The number of nitrogens with zero attached hydrogens (tertiary/aromatic N) is 1. The number of carbonyl (C=O) groups excluding carboxylic acids is 1. The van der Waals surface area contributed by atoms with E-state index in [4.69, 9.17) is 9.47 Å². The van der Waals surface area contributed by atoms with E-state index in [0.717, 1.165) is 16.5 Å². The summed E-state index contributed by atoms with van der Waals surface area (Å²) in [7, 11) is 3.18. The van der Waals surface area contributed by atoms with Gasteiger partial charge in [-0.25, -0.2) is 5.43 Å². The fraction of sp³-hybridized carbons (Fsp3) is 0.500. The highest BCUT2D eigenvalue weighted by Crippen LogP contribution is 2.65. The molecule has 0 aliphatic heterocycles. The Balaban J connectivity index is 1.65. The number of carbonyl (C=O) groups is 1. The molecule has 1 amide bonds. The maximum absolute atomic E-state index is 12.0. The van der Waals surface area contributed by atoms with Crippen molar-refractivity contribution < 1.29 is 14.3 Å². The van der Waals surface area contributed by atoms with Crippen LogP contribution in [-0.4, -0.2) is 26.3 Å². The normalized spacial score (nSPS) is 21.5. The van der Waals surface area contributed by atoms with Crippen LogP contribution in [0.3, 0.4) is 0 Å². The van der Waals surface area contributed by atoms with E-state index < -0.39 is 0 Å². The van der Waals surface area contributed by atoms with Crippen molar-refractivity contribution in [1.29, 1.82) is 0 Å². The third-order valence-electron chi connectivity index (χ3n) is 4.74. The molecule has 22 heavy (non-hydrogen) atoms. The lowest BCUT2D eigenvalue weighted by Gasteiger charge is -2.25. The Kier molecular flexibility index (Phi) is 4.12. The van der Waals surface area contributed by atoms with E-state index in [1.807, 2.05) is 6.07 Å². The zero-order valence-electron chi connectivity index (χ0n) is 12.7. The molecule has 0 saturated heterocycles. The first-order valence-electron chi connectivity index (χ1n) is 7.34. The van der Waals surface area contributed by atoms with Gasteiger partial charge in [-0.2, -0.15) is 5.10 Å². The lowest BCUT2D eigenvalue weighted by atomic mass is 9.80. The van der Waals surface area contributed by atoms with E-state index >= 15 is 0 Å². The van der Waals surface area contributed by atoms with Gasteiger partial charge in [0.05, 0.1) is 24.9 Å². The quantitative estimate of drug-likeness (QED) is 0.643. The van der Waals surface area contributed by atoms with Crippen LogP contribution in [0.1, 0.15) is 31.2 Å². The van der Waals surface area contributed by atoms with Crippen molar-refractivity contribution in [2.24, 2.45) is 16.4 Å². The number of halogens is 1. The molecule has 0 bridgehead atoms. The van der Waals surface area contributed by atoms with Crippen LogP contribution < -0.4 is 14.9 Å². The Bertz CT molecular complexity index is 626. The first-order valence-corrected chi connectivity index (χ1v) is 8.13. The molecule has 2 fully saturated rings. The van der Waals surface area contributed by atoms with Crippen molar-refractivity contribution >= 4 is 28.1 Å². The van der Waals surface area contributed by atoms with Crippen LogP contribution in [0.15, 0.2) is 21.7 Å². The van der Waals surface area contributed by atoms with Gasteiger partial charge in [-0.3, -0.25) is 4.79 Å². The van der Waals surface area contributed by atoms with Crippen molar-refractivity contribution in [3.8, 4) is 11.5 Å². The van der Waals surface area contributed by atoms with Gasteiger partial charge >= 0.3 is 0 Å². The number of amides is 1. The monoisotopic (exact) mass is 366 g/mol. The molecule has 2 saturated carbocycles. The Morgan fingerprint density at radius 1 is 1.36 bits per heavy atom. The van der Waals surface area contributed by atoms with E-state index in [1.54, 1.807) is 26.5 Å². The maximum Gasteiger partial charge on any atom is 0.243 e. The van der Waals surface area contributed by atoms with Crippen LogP contribution >= 0.6 is 15.9 Å². The number of ether oxygens (including phenoxy) is 2. The second-order valence-electron chi connectivity index (χ2n) is 5.94. The number of hydrogen-bond acceptors (Lipinski definition) is 4. The summed E-state index contributed by atoms with van der Waals surface area (Å²) in [5.41, 5.74) is 3.73. The summed E-state index contributed by atoms with van der Waals surface area (Å²) in [5.74, 6) is 1.51. The van der Waals surface area contributed by atoms with Gasteiger partial charge in [0.2, 0.25) is 5.91 Å². The summed E-state index contributed by atoms with van der Waals surface area (Å²) in [4.78, 5) is 12.0. The number of nitrogens with one attached hydrogen (secondary N) is 1. The fourth-order valence-corrected chi connectivity index (χ4v) is 3.65. The molecular weight excluding hydrogens is 348 g/mol. The lowest BCUT2D eigenvalue weighted by Crippen LogP contribution is -2.26. The molecule has 5 nitrogen and oxygen atoms in total. The molecule has 6 heteroatoms. The SMILES string of the molecule is COc1cc(OC)c(/C=N/NC(=O)C2CC23CCC3)cc1Br. The molecule has 1 spiro atoms. The van der Waals surface area contributed by atoms with Crippen molar-refractivity contribution in [1.82, 2.24) is 5.43 Å². The van der Waals surface area contributed by atoms with Crippen LogP contribution in [0, 0.1) is 11.3 Å². The largest absolute Gasteiger partial charge is 0.496 e. The Hall–Kier alpha value is -1.56. The first kappa shape index (κ1) is 15.3. The molecule has 118 valence electrons.